The number of rotatable bonds is 5. The lowest BCUT2D eigenvalue weighted by molar-refractivity contribution is -0.137. The second-order valence-electron chi connectivity index (χ2n) is 9.77. The molecule has 6 heteroatoms. The molecule has 3 aromatic carbocycles. The minimum absolute atomic E-state index is 0.232. The van der Waals surface area contributed by atoms with Gasteiger partial charge in [0, 0.05) is 29.0 Å². The Morgan fingerprint density at radius 3 is 2.37 bits per heavy atom. The first-order chi connectivity index (χ1) is 16.4. The highest BCUT2D eigenvalue weighted by molar-refractivity contribution is 5.89. The van der Waals surface area contributed by atoms with Crippen molar-refractivity contribution in [1.82, 2.24) is 0 Å². The number of anilines is 2. The molecule has 184 valence electrons. The van der Waals surface area contributed by atoms with E-state index in [0.717, 1.165) is 45.3 Å². The monoisotopic (exact) mass is 480 g/mol. The van der Waals surface area contributed by atoms with Crippen molar-refractivity contribution in [2.24, 2.45) is 0 Å². The Morgan fingerprint density at radius 2 is 1.69 bits per heavy atom. The van der Waals surface area contributed by atoms with Gasteiger partial charge in [-0.1, -0.05) is 24.3 Å². The number of fused-ring (bicyclic) bond motifs is 1. The molecule has 0 aromatic heterocycles. The third kappa shape index (κ3) is 5.02. The number of benzene rings is 3. The van der Waals surface area contributed by atoms with Gasteiger partial charge >= 0.3 is 6.18 Å². The van der Waals surface area contributed by atoms with Gasteiger partial charge in [-0.3, -0.25) is 0 Å². The summed E-state index contributed by atoms with van der Waals surface area (Å²) in [6.07, 6.45) is -2.29. The number of allylic oxidation sites excluding steroid dienone is 1. The highest BCUT2D eigenvalue weighted by Gasteiger charge is 2.32. The first-order valence-electron chi connectivity index (χ1n) is 11.6. The van der Waals surface area contributed by atoms with Gasteiger partial charge in [0.1, 0.15) is 5.75 Å². The van der Waals surface area contributed by atoms with E-state index in [1.807, 2.05) is 26.0 Å². The predicted octanol–water partition coefficient (Wildman–Crippen LogP) is 8.22. The number of hydrogen-bond donors (Lipinski definition) is 2. The number of alkyl halides is 3. The van der Waals surface area contributed by atoms with Crippen LogP contribution in [0.25, 0.3) is 16.7 Å². The Labute approximate surface area is 205 Å². The van der Waals surface area contributed by atoms with Gasteiger partial charge in [-0.2, -0.15) is 13.2 Å². The van der Waals surface area contributed by atoms with E-state index < -0.39 is 11.7 Å². The highest BCUT2D eigenvalue weighted by Crippen LogP contribution is 2.44. The average molecular weight is 481 g/mol. The van der Waals surface area contributed by atoms with Gasteiger partial charge in [-0.25, -0.2) is 0 Å². The Kier molecular flexibility index (Phi) is 6.34. The summed E-state index contributed by atoms with van der Waals surface area (Å²) in [6, 6.07) is 13.7. The fourth-order valence-corrected chi connectivity index (χ4v) is 4.84. The van der Waals surface area contributed by atoms with Gasteiger partial charge in [0.2, 0.25) is 0 Å². The number of hydrogen-bond acceptors (Lipinski definition) is 3. The molecule has 0 unspecified atom stereocenters. The van der Waals surface area contributed by atoms with E-state index >= 15 is 0 Å². The first kappa shape index (κ1) is 24.7. The molecule has 2 N–H and O–H groups in total. The molecule has 0 aliphatic carbocycles. The molecule has 1 aliphatic rings. The molecule has 4 rings (SSSR count). The van der Waals surface area contributed by atoms with Crippen LogP contribution in [0.1, 0.15) is 48.6 Å². The molecule has 1 aliphatic heterocycles. The standard InChI is InChI=1S/C29H31F3N2O/c1-17-7-8-18(2)25(13-17)33-16-23-21(10-11-24-27(23)19(3)15-28(4,5)34-24)22-14-20(29(30,31)32)9-12-26(22)35-6/h7-15,33-34H,16H2,1-6H3. The maximum Gasteiger partial charge on any atom is 0.416 e. The molecule has 1 heterocycles. The Hall–Kier alpha value is -3.41. The van der Waals surface area contributed by atoms with Crippen LogP contribution in [0.2, 0.25) is 0 Å². The van der Waals surface area contributed by atoms with E-state index in [9.17, 15) is 13.2 Å². The second kappa shape index (κ2) is 8.99. The molecule has 0 radical (unpaired) electrons. The van der Waals surface area contributed by atoms with Crippen LogP contribution in [0.3, 0.4) is 0 Å². The molecule has 0 amide bonds. The Bertz CT molecular complexity index is 1310. The minimum atomic E-state index is -4.45. The van der Waals surface area contributed by atoms with Crippen LogP contribution < -0.4 is 15.4 Å². The predicted molar refractivity (Wildman–Crippen MR) is 138 cm³/mol. The number of ether oxygens (including phenoxy) is 1. The van der Waals surface area contributed by atoms with Gasteiger partial charge in [0.15, 0.2) is 0 Å². The van der Waals surface area contributed by atoms with Gasteiger partial charge in [0.05, 0.1) is 18.2 Å². The van der Waals surface area contributed by atoms with Crippen molar-refractivity contribution in [3.63, 3.8) is 0 Å². The van der Waals surface area contributed by atoms with Crippen LogP contribution in [0.5, 0.6) is 5.75 Å². The molecule has 0 fully saturated rings. The third-order valence-electron chi connectivity index (χ3n) is 6.41. The van der Waals surface area contributed by atoms with Crippen molar-refractivity contribution in [1.29, 1.82) is 0 Å². The largest absolute Gasteiger partial charge is 0.496 e. The van der Waals surface area contributed by atoms with Crippen LogP contribution in [-0.4, -0.2) is 12.6 Å². The lowest BCUT2D eigenvalue weighted by atomic mass is 9.84. The smallest absolute Gasteiger partial charge is 0.416 e. The van der Waals surface area contributed by atoms with Crippen LogP contribution in [-0.2, 0) is 12.7 Å². The molecular weight excluding hydrogens is 449 g/mol. The van der Waals surface area contributed by atoms with Gasteiger partial charge in [0.25, 0.3) is 0 Å². The fraction of sp³-hybridized carbons (Fsp3) is 0.310. The lowest BCUT2D eigenvalue weighted by Gasteiger charge is -2.33. The molecule has 35 heavy (non-hydrogen) atoms. The van der Waals surface area contributed by atoms with E-state index in [4.69, 9.17) is 4.74 Å². The van der Waals surface area contributed by atoms with E-state index in [0.29, 0.717) is 23.4 Å². The summed E-state index contributed by atoms with van der Waals surface area (Å²) in [5.41, 5.74) is 7.37. The quantitative estimate of drug-likeness (QED) is 0.386. The SMILES string of the molecule is COc1ccc(C(F)(F)F)cc1-c1ccc2c(c1CNc1cc(C)ccc1C)C(C)=CC(C)(C)N2. The summed E-state index contributed by atoms with van der Waals surface area (Å²) in [6.45, 7) is 10.8. The van der Waals surface area contributed by atoms with E-state index in [1.165, 1.54) is 19.2 Å². The van der Waals surface area contributed by atoms with Crippen LogP contribution in [0.15, 0.2) is 54.6 Å². The summed E-state index contributed by atoms with van der Waals surface area (Å²) >= 11 is 0. The third-order valence-corrected chi connectivity index (χ3v) is 6.41. The van der Waals surface area contributed by atoms with Gasteiger partial charge in [-0.15, -0.1) is 0 Å². The number of methoxy groups -OCH3 is 1. The van der Waals surface area contributed by atoms with E-state index in [2.05, 4.69) is 55.7 Å². The summed E-state index contributed by atoms with van der Waals surface area (Å²) < 4.78 is 46.4. The summed E-state index contributed by atoms with van der Waals surface area (Å²) in [5.74, 6) is 0.400. The van der Waals surface area contributed by atoms with Gasteiger partial charge < -0.3 is 15.4 Å². The molecule has 0 bridgehead atoms. The summed E-state index contributed by atoms with van der Waals surface area (Å²) in [5, 5.41) is 7.09. The van der Waals surface area contributed by atoms with Crippen molar-refractivity contribution in [2.75, 3.05) is 17.7 Å². The molecule has 0 saturated carbocycles. The summed E-state index contributed by atoms with van der Waals surface area (Å²) in [4.78, 5) is 0. The molecule has 0 saturated heterocycles. The normalized spacial score (nSPS) is 14.6. The van der Waals surface area contributed by atoms with E-state index in [-0.39, 0.29) is 5.54 Å². The lowest BCUT2D eigenvalue weighted by Crippen LogP contribution is -2.32. The van der Waals surface area contributed by atoms with Crippen LogP contribution >= 0.6 is 0 Å². The summed E-state index contributed by atoms with van der Waals surface area (Å²) in [7, 11) is 1.48. The Balaban J connectivity index is 1.92. The zero-order valence-corrected chi connectivity index (χ0v) is 20.9. The number of halogens is 3. The van der Waals surface area contributed by atoms with Crippen molar-refractivity contribution in [3.05, 3.63) is 82.4 Å². The molecule has 0 spiro atoms. The second-order valence-corrected chi connectivity index (χ2v) is 9.77. The number of aryl methyl sites for hydroxylation is 2. The van der Waals surface area contributed by atoms with Crippen molar-refractivity contribution < 1.29 is 17.9 Å². The van der Waals surface area contributed by atoms with Crippen molar-refractivity contribution in [2.45, 2.75) is 52.9 Å². The fourth-order valence-electron chi connectivity index (χ4n) is 4.84. The van der Waals surface area contributed by atoms with E-state index in [1.54, 1.807) is 0 Å². The maximum absolute atomic E-state index is 13.6. The zero-order chi connectivity index (χ0) is 25.5. The van der Waals surface area contributed by atoms with Crippen molar-refractivity contribution in [3.8, 4) is 16.9 Å². The molecule has 3 aromatic rings. The van der Waals surface area contributed by atoms with Crippen LogP contribution in [0, 0.1) is 13.8 Å². The first-order valence-corrected chi connectivity index (χ1v) is 11.6. The zero-order valence-electron chi connectivity index (χ0n) is 20.9. The molecular formula is C29H31F3N2O. The maximum atomic E-state index is 13.6. The topological polar surface area (TPSA) is 33.3 Å². The Morgan fingerprint density at radius 1 is 0.943 bits per heavy atom. The van der Waals surface area contributed by atoms with Gasteiger partial charge in [-0.05, 0) is 92.8 Å². The number of nitrogens with one attached hydrogen (secondary N) is 2. The van der Waals surface area contributed by atoms with Crippen LogP contribution in [0.4, 0.5) is 24.5 Å². The minimum Gasteiger partial charge on any atom is -0.496 e. The van der Waals surface area contributed by atoms with Crippen molar-refractivity contribution >= 4 is 16.9 Å². The molecule has 0 atom stereocenters. The highest BCUT2D eigenvalue weighted by atomic mass is 19.4. The average Bonchev–Trinajstić information content (AvgIpc) is 2.77. The molecule has 3 nitrogen and oxygen atoms in total.